The van der Waals surface area contributed by atoms with Crippen molar-refractivity contribution in [2.75, 3.05) is 37.7 Å². The Kier molecular flexibility index (Phi) is 6.68. The van der Waals surface area contributed by atoms with Crippen molar-refractivity contribution in [2.45, 2.75) is 20.0 Å². The summed E-state index contributed by atoms with van der Waals surface area (Å²) >= 11 is 0. The van der Waals surface area contributed by atoms with E-state index in [9.17, 15) is 13.6 Å². The normalized spacial score (nSPS) is 14.3. The zero-order valence-electron chi connectivity index (χ0n) is 15.8. The standard InChI is InChI=1S/C21H24F2N2O3/c1-2-27-19-6-4-3-5-18(19)24-11-13-25(14-12-24)20(26)15-16-7-9-17(10-8-16)28-21(22)23/h3-10,21H,2,11-15H2,1H3. The van der Waals surface area contributed by atoms with E-state index in [0.717, 1.165) is 30.1 Å². The lowest BCUT2D eigenvalue weighted by atomic mass is 10.1. The van der Waals surface area contributed by atoms with Gasteiger partial charge in [0, 0.05) is 26.2 Å². The van der Waals surface area contributed by atoms with Crippen molar-refractivity contribution in [1.29, 1.82) is 0 Å². The molecule has 0 radical (unpaired) electrons. The van der Waals surface area contributed by atoms with Crippen LogP contribution in [-0.4, -0.2) is 50.2 Å². The van der Waals surface area contributed by atoms with E-state index in [1.165, 1.54) is 12.1 Å². The molecule has 0 aliphatic carbocycles. The third kappa shape index (κ3) is 5.12. The second-order valence-electron chi connectivity index (χ2n) is 6.47. The molecule has 1 amide bonds. The Balaban J connectivity index is 1.54. The number of piperazine rings is 1. The van der Waals surface area contributed by atoms with Gasteiger partial charge in [0.05, 0.1) is 18.7 Å². The monoisotopic (exact) mass is 390 g/mol. The molecule has 150 valence electrons. The Hall–Kier alpha value is -2.83. The molecular weight excluding hydrogens is 366 g/mol. The number of rotatable bonds is 7. The molecule has 0 spiro atoms. The summed E-state index contributed by atoms with van der Waals surface area (Å²) in [6.45, 7) is 2.44. The number of nitrogens with zero attached hydrogens (tertiary/aromatic N) is 2. The highest BCUT2D eigenvalue weighted by molar-refractivity contribution is 5.79. The van der Waals surface area contributed by atoms with Gasteiger partial charge in [-0.1, -0.05) is 24.3 Å². The van der Waals surface area contributed by atoms with Crippen LogP contribution >= 0.6 is 0 Å². The summed E-state index contributed by atoms with van der Waals surface area (Å²) < 4.78 is 34.4. The molecule has 7 heteroatoms. The number of alkyl halides is 2. The molecule has 5 nitrogen and oxygen atoms in total. The fourth-order valence-electron chi connectivity index (χ4n) is 3.27. The van der Waals surface area contributed by atoms with Crippen LogP contribution in [0, 0.1) is 0 Å². The maximum Gasteiger partial charge on any atom is 0.387 e. The number of carbonyl (C=O) groups is 1. The number of hydrogen-bond acceptors (Lipinski definition) is 4. The number of anilines is 1. The number of carbonyl (C=O) groups excluding carboxylic acids is 1. The van der Waals surface area contributed by atoms with E-state index < -0.39 is 6.61 Å². The van der Waals surface area contributed by atoms with Gasteiger partial charge in [0.25, 0.3) is 0 Å². The first kappa shape index (κ1) is 19.9. The first-order chi connectivity index (χ1) is 13.6. The molecule has 0 atom stereocenters. The Labute approximate surface area is 163 Å². The van der Waals surface area contributed by atoms with Gasteiger partial charge in [-0.05, 0) is 36.8 Å². The summed E-state index contributed by atoms with van der Waals surface area (Å²) in [7, 11) is 0. The van der Waals surface area contributed by atoms with Gasteiger partial charge in [0.15, 0.2) is 0 Å². The summed E-state index contributed by atoms with van der Waals surface area (Å²) in [5.74, 6) is 0.976. The highest BCUT2D eigenvalue weighted by Gasteiger charge is 2.23. The van der Waals surface area contributed by atoms with Crippen LogP contribution < -0.4 is 14.4 Å². The van der Waals surface area contributed by atoms with E-state index in [1.54, 1.807) is 12.1 Å². The van der Waals surface area contributed by atoms with E-state index in [4.69, 9.17) is 4.74 Å². The molecule has 0 N–H and O–H groups in total. The first-order valence-electron chi connectivity index (χ1n) is 9.35. The molecule has 0 bridgehead atoms. The molecule has 1 aliphatic heterocycles. The molecular formula is C21H24F2N2O3. The van der Waals surface area contributed by atoms with E-state index in [0.29, 0.717) is 19.7 Å². The third-order valence-corrected chi connectivity index (χ3v) is 4.64. The Morgan fingerprint density at radius 2 is 1.71 bits per heavy atom. The van der Waals surface area contributed by atoms with Crippen molar-refractivity contribution in [3.8, 4) is 11.5 Å². The van der Waals surface area contributed by atoms with E-state index in [1.807, 2.05) is 36.1 Å². The van der Waals surface area contributed by atoms with Crippen LogP contribution in [0.3, 0.4) is 0 Å². The second-order valence-corrected chi connectivity index (χ2v) is 6.47. The van der Waals surface area contributed by atoms with Crippen molar-refractivity contribution >= 4 is 11.6 Å². The summed E-state index contributed by atoms with van der Waals surface area (Å²) in [6, 6.07) is 14.1. The van der Waals surface area contributed by atoms with Gasteiger partial charge in [0.1, 0.15) is 11.5 Å². The summed E-state index contributed by atoms with van der Waals surface area (Å²) in [4.78, 5) is 16.6. The van der Waals surface area contributed by atoms with E-state index in [-0.39, 0.29) is 18.1 Å². The van der Waals surface area contributed by atoms with Crippen LogP contribution in [-0.2, 0) is 11.2 Å². The van der Waals surface area contributed by atoms with Gasteiger partial charge in [0.2, 0.25) is 5.91 Å². The predicted molar refractivity (Wildman–Crippen MR) is 103 cm³/mol. The highest BCUT2D eigenvalue weighted by atomic mass is 19.3. The average Bonchev–Trinajstić information content (AvgIpc) is 2.70. The van der Waals surface area contributed by atoms with E-state index in [2.05, 4.69) is 9.64 Å². The number of ether oxygens (including phenoxy) is 2. The number of hydrogen-bond donors (Lipinski definition) is 0. The average molecular weight is 390 g/mol. The van der Waals surface area contributed by atoms with Crippen molar-refractivity contribution < 1.29 is 23.0 Å². The quantitative estimate of drug-likeness (QED) is 0.725. The number of para-hydroxylation sites is 2. The lowest BCUT2D eigenvalue weighted by Crippen LogP contribution is -2.49. The maximum atomic E-state index is 12.6. The summed E-state index contributed by atoms with van der Waals surface area (Å²) in [5.41, 5.74) is 1.82. The summed E-state index contributed by atoms with van der Waals surface area (Å²) in [5, 5.41) is 0. The van der Waals surface area contributed by atoms with Crippen LogP contribution in [0.15, 0.2) is 48.5 Å². The molecule has 1 heterocycles. The Bertz CT molecular complexity index is 775. The van der Waals surface area contributed by atoms with Crippen LogP contribution in [0.1, 0.15) is 12.5 Å². The molecule has 1 saturated heterocycles. The molecule has 0 saturated carbocycles. The fraction of sp³-hybridized carbons (Fsp3) is 0.381. The SMILES string of the molecule is CCOc1ccccc1N1CCN(C(=O)Cc2ccc(OC(F)F)cc2)CC1. The lowest BCUT2D eigenvalue weighted by Gasteiger charge is -2.36. The Morgan fingerprint density at radius 3 is 2.36 bits per heavy atom. The molecule has 1 fully saturated rings. The second kappa shape index (κ2) is 9.39. The lowest BCUT2D eigenvalue weighted by molar-refractivity contribution is -0.130. The topological polar surface area (TPSA) is 42.0 Å². The van der Waals surface area contributed by atoms with Crippen LogP contribution in [0.25, 0.3) is 0 Å². The fourth-order valence-corrected chi connectivity index (χ4v) is 3.27. The smallest absolute Gasteiger partial charge is 0.387 e. The van der Waals surface area contributed by atoms with Crippen molar-refractivity contribution in [2.24, 2.45) is 0 Å². The van der Waals surface area contributed by atoms with Gasteiger partial charge in [-0.15, -0.1) is 0 Å². The summed E-state index contributed by atoms with van der Waals surface area (Å²) in [6.07, 6.45) is 0.241. The van der Waals surface area contributed by atoms with E-state index >= 15 is 0 Å². The zero-order chi connectivity index (χ0) is 19.9. The van der Waals surface area contributed by atoms with Crippen molar-refractivity contribution in [3.05, 3.63) is 54.1 Å². The molecule has 2 aromatic rings. The maximum absolute atomic E-state index is 12.6. The number of amides is 1. The molecule has 28 heavy (non-hydrogen) atoms. The highest BCUT2D eigenvalue weighted by Crippen LogP contribution is 2.29. The van der Waals surface area contributed by atoms with Crippen molar-refractivity contribution in [1.82, 2.24) is 4.90 Å². The van der Waals surface area contributed by atoms with Crippen LogP contribution in [0.5, 0.6) is 11.5 Å². The van der Waals surface area contributed by atoms with Gasteiger partial charge in [-0.25, -0.2) is 0 Å². The minimum Gasteiger partial charge on any atom is -0.492 e. The molecule has 3 rings (SSSR count). The van der Waals surface area contributed by atoms with Gasteiger partial charge in [-0.3, -0.25) is 4.79 Å². The minimum absolute atomic E-state index is 0.0280. The van der Waals surface area contributed by atoms with Gasteiger partial charge in [-0.2, -0.15) is 8.78 Å². The molecule has 2 aromatic carbocycles. The minimum atomic E-state index is -2.85. The Morgan fingerprint density at radius 1 is 1.04 bits per heavy atom. The predicted octanol–water partition coefficient (Wildman–Crippen LogP) is 3.58. The molecule has 0 aromatic heterocycles. The number of benzene rings is 2. The molecule has 0 unspecified atom stereocenters. The largest absolute Gasteiger partial charge is 0.492 e. The molecule has 1 aliphatic rings. The van der Waals surface area contributed by atoms with Gasteiger partial charge < -0.3 is 19.3 Å². The van der Waals surface area contributed by atoms with Crippen molar-refractivity contribution in [3.63, 3.8) is 0 Å². The van der Waals surface area contributed by atoms with Crippen LogP contribution in [0.2, 0.25) is 0 Å². The van der Waals surface area contributed by atoms with Crippen LogP contribution in [0.4, 0.5) is 14.5 Å². The number of halogens is 2. The zero-order valence-corrected chi connectivity index (χ0v) is 15.8. The first-order valence-corrected chi connectivity index (χ1v) is 9.35. The van der Waals surface area contributed by atoms with Gasteiger partial charge >= 0.3 is 6.61 Å². The third-order valence-electron chi connectivity index (χ3n) is 4.64.